The number of carbonyl (C=O) groups is 1. The van der Waals surface area contributed by atoms with Crippen LogP contribution in [0.25, 0.3) is 0 Å². The molecule has 0 saturated heterocycles. The van der Waals surface area contributed by atoms with Crippen LogP contribution in [-0.2, 0) is 17.0 Å². The third-order valence-corrected chi connectivity index (χ3v) is 4.92. The lowest BCUT2D eigenvalue weighted by Crippen LogP contribution is -2.19. The van der Waals surface area contributed by atoms with Gasteiger partial charge in [0.15, 0.2) is 5.16 Å². The number of rotatable bonds is 7. The molecule has 0 aliphatic rings. The van der Waals surface area contributed by atoms with Crippen LogP contribution in [0.5, 0.6) is 5.75 Å². The van der Waals surface area contributed by atoms with Gasteiger partial charge in [0.2, 0.25) is 0 Å². The summed E-state index contributed by atoms with van der Waals surface area (Å²) < 4.78 is 5.25. The van der Waals surface area contributed by atoms with Crippen molar-refractivity contribution in [2.75, 3.05) is 0 Å². The molecule has 6 heteroatoms. The highest BCUT2D eigenvalue weighted by atomic mass is 32.2. The molecule has 5 nitrogen and oxygen atoms in total. The number of ether oxygens (including phenoxy) is 1. The Kier molecular flexibility index (Phi) is 6.44. The molecule has 0 amide bonds. The SMILES string of the molecule is Cc1nc(SCc2ccccc2)[nH]c(=O)c1CCC(=O)Oc1ccccc1. The number of nitrogens with zero attached hydrogens (tertiary/aromatic N) is 1. The van der Waals surface area contributed by atoms with Gasteiger partial charge >= 0.3 is 5.97 Å². The summed E-state index contributed by atoms with van der Waals surface area (Å²) >= 11 is 1.48. The van der Waals surface area contributed by atoms with Crippen LogP contribution in [0.1, 0.15) is 23.2 Å². The van der Waals surface area contributed by atoms with Gasteiger partial charge in [-0.3, -0.25) is 9.59 Å². The standard InChI is InChI=1S/C21H20N2O3S/c1-15-18(12-13-19(24)26-17-10-6-3-7-11-17)20(25)23-21(22-15)27-14-16-8-4-2-5-9-16/h2-11H,12-14H2,1H3,(H,22,23,25). The molecule has 1 aromatic heterocycles. The average molecular weight is 380 g/mol. The molecule has 0 atom stereocenters. The van der Waals surface area contributed by atoms with E-state index in [-0.39, 0.29) is 17.9 Å². The van der Waals surface area contributed by atoms with E-state index >= 15 is 0 Å². The fourth-order valence-corrected chi connectivity index (χ4v) is 3.43. The van der Waals surface area contributed by atoms with Crippen molar-refractivity contribution in [3.63, 3.8) is 0 Å². The van der Waals surface area contributed by atoms with E-state index in [1.165, 1.54) is 11.8 Å². The van der Waals surface area contributed by atoms with Crippen LogP contribution in [-0.4, -0.2) is 15.9 Å². The minimum absolute atomic E-state index is 0.122. The Bertz CT molecular complexity index is 956. The number of thioether (sulfide) groups is 1. The van der Waals surface area contributed by atoms with E-state index < -0.39 is 0 Å². The third-order valence-electron chi connectivity index (χ3n) is 3.97. The predicted octanol–water partition coefficient (Wildman–Crippen LogP) is 3.91. The van der Waals surface area contributed by atoms with Gasteiger partial charge in [0.1, 0.15) is 5.75 Å². The van der Waals surface area contributed by atoms with Gasteiger partial charge in [0.25, 0.3) is 5.56 Å². The van der Waals surface area contributed by atoms with Crippen LogP contribution in [0.2, 0.25) is 0 Å². The van der Waals surface area contributed by atoms with Gasteiger partial charge in [-0.1, -0.05) is 60.3 Å². The Labute approximate surface area is 161 Å². The Morgan fingerprint density at radius 3 is 2.41 bits per heavy atom. The maximum atomic E-state index is 12.4. The number of para-hydroxylation sites is 1. The Balaban J connectivity index is 1.59. The number of benzene rings is 2. The van der Waals surface area contributed by atoms with Gasteiger partial charge in [-0.05, 0) is 31.0 Å². The zero-order valence-electron chi connectivity index (χ0n) is 15.0. The second-order valence-electron chi connectivity index (χ2n) is 6.00. The van der Waals surface area contributed by atoms with Gasteiger partial charge in [-0.2, -0.15) is 0 Å². The topological polar surface area (TPSA) is 72.0 Å². The minimum atomic E-state index is -0.373. The highest BCUT2D eigenvalue weighted by molar-refractivity contribution is 7.98. The Morgan fingerprint density at radius 2 is 1.74 bits per heavy atom. The Hall–Kier alpha value is -2.86. The van der Waals surface area contributed by atoms with Crippen molar-refractivity contribution in [3.8, 4) is 5.75 Å². The van der Waals surface area contributed by atoms with Crippen LogP contribution >= 0.6 is 11.8 Å². The second kappa shape index (κ2) is 9.19. The van der Waals surface area contributed by atoms with E-state index in [0.29, 0.717) is 28.6 Å². The molecule has 0 radical (unpaired) electrons. The van der Waals surface area contributed by atoms with Crippen LogP contribution < -0.4 is 10.3 Å². The molecule has 0 saturated carbocycles. The summed E-state index contributed by atoms with van der Waals surface area (Å²) in [7, 11) is 0. The number of aryl methyl sites for hydroxylation is 1. The molecule has 2 aromatic carbocycles. The second-order valence-corrected chi connectivity index (χ2v) is 6.96. The molecule has 0 aliphatic carbocycles. The number of hydrogen-bond acceptors (Lipinski definition) is 5. The summed E-state index contributed by atoms with van der Waals surface area (Å²) in [5.74, 6) is 0.854. The van der Waals surface area contributed by atoms with E-state index in [1.54, 1.807) is 31.2 Å². The van der Waals surface area contributed by atoms with Crippen LogP contribution in [0.4, 0.5) is 0 Å². The van der Waals surface area contributed by atoms with Gasteiger partial charge in [-0.25, -0.2) is 4.98 Å². The van der Waals surface area contributed by atoms with E-state index in [1.807, 2.05) is 36.4 Å². The first-order valence-electron chi connectivity index (χ1n) is 8.64. The quantitative estimate of drug-likeness (QED) is 0.291. The average Bonchev–Trinajstić information content (AvgIpc) is 2.67. The fourth-order valence-electron chi connectivity index (χ4n) is 2.57. The van der Waals surface area contributed by atoms with Crippen LogP contribution in [0, 0.1) is 6.92 Å². The molecule has 3 aromatic rings. The van der Waals surface area contributed by atoms with E-state index in [0.717, 1.165) is 11.3 Å². The predicted molar refractivity (Wildman–Crippen MR) is 106 cm³/mol. The maximum Gasteiger partial charge on any atom is 0.311 e. The Morgan fingerprint density at radius 1 is 1.07 bits per heavy atom. The number of hydrogen-bond donors (Lipinski definition) is 1. The molecular weight excluding hydrogens is 360 g/mol. The van der Waals surface area contributed by atoms with E-state index in [9.17, 15) is 9.59 Å². The number of esters is 1. The van der Waals surface area contributed by atoms with Gasteiger partial charge in [0.05, 0.1) is 6.42 Å². The summed E-state index contributed by atoms with van der Waals surface area (Å²) in [6, 6.07) is 18.9. The highest BCUT2D eigenvalue weighted by Crippen LogP contribution is 2.19. The lowest BCUT2D eigenvalue weighted by Gasteiger charge is -2.07. The number of nitrogens with one attached hydrogen (secondary N) is 1. The number of carbonyl (C=O) groups excluding carboxylic acids is 1. The molecule has 1 N–H and O–H groups in total. The maximum absolute atomic E-state index is 12.4. The van der Waals surface area contributed by atoms with Gasteiger partial charge in [0, 0.05) is 17.0 Å². The van der Waals surface area contributed by atoms with Crippen molar-refractivity contribution in [2.24, 2.45) is 0 Å². The van der Waals surface area contributed by atoms with Crippen LogP contribution in [0.3, 0.4) is 0 Å². The minimum Gasteiger partial charge on any atom is -0.427 e. The van der Waals surface area contributed by atoms with Crippen LogP contribution in [0.15, 0.2) is 70.6 Å². The normalized spacial score (nSPS) is 10.6. The van der Waals surface area contributed by atoms with Crippen molar-refractivity contribution in [1.82, 2.24) is 9.97 Å². The zero-order valence-corrected chi connectivity index (χ0v) is 15.8. The summed E-state index contributed by atoms with van der Waals surface area (Å²) in [6.07, 6.45) is 0.417. The molecule has 0 fully saturated rings. The van der Waals surface area contributed by atoms with Crippen molar-refractivity contribution in [1.29, 1.82) is 0 Å². The highest BCUT2D eigenvalue weighted by Gasteiger charge is 2.12. The van der Waals surface area contributed by atoms with Gasteiger partial charge in [-0.15, -0.1) is 0 Å². The number of H-pyrrole nitrogens is 1. The molecular formula is C21H20N2O3S. The molecule has 0 bridgehead atoms. The first-order chi connectivity index (χ1) is 13.1. The summed E-state index contributed by atoms with van der Waals surface area (Å²) in [6.45, 7) is 1.79. The molecule has 0 aliphatic heterocycles. The smallest absolute Gasteiger partial charge is 0.311 e. The molecule has 138 valence electrons. The summed E-state index contributed by atoms with van der Waals surface area (Å²) in [4.78, 5) is 31.6. The summed E-state index contributed by atoms with van der Waals surface area (Å²) in [5.41, 5.74) is 2.12. The first kappa shape index (κ1) is 18.9. The third kappa shape index (κ3) is 5.56. The molecule has 3 rings (SSSR count). The van der Waals surface area contributed by atoms with Crippen molar-refractivity contribution in [3.05, 3.63) is 87.8 Å². The zero-order chi connectivity index (χ0) is 19.1. The van der Waals surface area contributed by atoms with E-state index in [4.69, 9.17) is 4.74 Å². The lowest BCUT2D eigenvalue weighted by atomic mass is 10.1. The van der Waals surface area contributed by atoms with E-state index in [2.05, 4.69) is 9.97 Å². The van der Waals surface area contributed by atoms with Crippen molar-refractivity contribution < 1.29 is 9.53 Å². The monoisotopic (exact) mass is 380 g/mol. The number of aromatic nitrogens is 2. The van der Waals surface area contributed by atoms with Crippen molar-refractivity contribution >= 4 is 17.7 Å². The van der Waals surface area contributed by atoms with Gasteiger partial charge < -0.3 is 9.72 Å². The largest absolute Gasteiger partial charge is 0.427 e. The summed E-state index contributed by atoms with van der Waals surface area (Å²) in [5, 5.41) is 0.581. The first-order valence-corrected chi connectivity index (χ1v) is 9.62. The molecule has 1 heterocycles. The number of aromatic amines is 1. The lowest BCUT2D eigenvalue weighted by molar-refractivity contribution is -0.134. The molecule has 27 heavy (non-hydrogen) atoms. The fraction of sp³-hybridized carbons (Fsp3) is 0.190. The molecule has 0 spiro atoms. The molecule has 0 unspecified atom stereocenters. The van der Waals surface area contributed by atoms with Crippen molar-refractivity contribution in [2.45, 2.75) is 30.7 Å².